The number of aryl methyl sites for hydroxylation is 1. The van der Waals surface area contributed by atoms with Gasteiger partial charge in [0.25, 0.3) is 5.91 Å². The number of hydrogen-bond acceptors (Lipinski definition) is 3. The van der Waals surface area contributed by atoms with Gasteiger partial charge in [-0.3, -0.25) is 9.59 Å². The fourth-order valence-corrected chi connectivity index (χ4v) is 4.16. The highest BCUT2D eigenvalue weighted by atomic mass is 35.5. The van der Waals surface area contributed by atoms with Gasteiger partial charge < -0.3 is 16.0 Å². The molecule has 150 valence electrons. The summed E-state index contributed by atoms with van der Waals surface area (Å²) < 4.78 is 0. The number of carbonyl (C=O) groups excluding carboxylic acids is 2. The predicted octanol–water partition coefficient (Wildman–Crippen LogP) is 4.03. The van der Waals surface area contributed by atoms with Gasteiger partial charge in [0.05, 0.1) is 5.54 Å². The first-order chi connectivity index (χ1) is 12.4. The van der Waals surface area contributed by atoms with Crippen molar-refractivity contribution in [3.63, 3.8) is 0 Å². The fraction of sp³-hybridized carbons (Fsp3) is 0.619. The van der Waals surface area contributed by atoms with Crippen LogP contribution in [0.2, 0.25) is 0 Å². The molecule has 1 heterocycles. The molecule has 2 aliphatic rings. The molecule has 0 radical (unpaired) electrons. The lowest BCUT2D eigenvalue weighted by molar-refractivity contribution is -0.122. The van der Waals surface area contributed by atoms with E-state index in [1.807, 2.05) is 30.0 Å². The topological polar surface area (TPSA) is 75.4 Å². The highest BCUT2D eigenvalue weighted by Gasteiger charge is 2.35. The van der Waals surface area contributed by atoms with E-state index >= 15 is 0 Å². The van der Waals surface area contributed by atoms with Crippen molar-refractivity contribution in [2.75, 3.05) is 11.9 Å². The number of rotatable bonds is 3. The van der Waals surface area contributed by atoms with E-state index < -0.39 is 5.54 Å². The lowest BCUT2D eigenvalue weighted by Crippen LogP contribution is -2.52. The molecule has 1 aliphatic carbocycles. The second kappa shape index (κ2) is 9.07. The monoisotopic (exact) mass is 393 g/mol. The quantitative estimate of drug-likeness (QED) is 0.813. The summed E-state index contributed by atoms with van der Waals surface area (Å²) in [5, 5.41) is 2.99. The third-order valence-corrected chi connectivity index (χ3v) is 5.98. The maximum absolute atomic E-state index is 12.8. The molecule has 1 unspecified atom stereocenters. The van der Waals surface area contributed by atoms with Gasteiger partial charge in [0.1, 0.15) is 0 Å². The largest absolute Gasteiger partial charge is 0.336 e. The molecule has 1 atom stereocenters. The van der Waals surface area contributed by atoms with Crippen LogP contribution in [0, 0.1) is 6.92 Å². The molecule has 0 bridgehead atoms. The van der Waals surface area contributed by atoms with Crippen molar-refractivity contribution in [1.82, 2.24) is 4.90 Å². The zero-order valence-electron chi connectivity index (χ0n) is 16.4. The lowest BCUT2D eigenvalue weighted by atomic mass is 9.82. The number of anilines is 1. The molecule has 2 fully saturated rings. The fourth-order valence-electron chi connectivity index (χ4n) is 4.16. The van der Waals surface area contributed by atoms with E-state index in [9.17, 15) is 9.59 Å². The van der Waals surface area contributed by atoms with Crippen molar-refractivity contribution in [2.24, 2.45) is 5.73 Å². The molecule has 6 heteroatoms. The molecule has 0 spiro atoms. The summed E-state index contributed by atoms with van der Waals surface area (Å²) in [6.07, 6.45) is 7.96. The van der Waals surface area contributed by atoms with Crippen LogP contribution in [-0.4, -0.2) is 34.8 Å². The number of piperidine rings is 1. The zero-order chi connectivity index (χ0) is 18.7. The van der Waals surface area contributed by atoms with E-state index in [0.717, 1.165) is 62.7 Å². The summed E-state index contributed by atoms with van der Waals surface area (Å²) >= 11 is 0. The first-order valence-corrected chi connectivity index (χ1v) is 9.93. The van der Waals surface area contributed by atoms with Gasteiger partial charge in [0, 0.05) is 23.8 Å². The molecule has 3 rings (SSSR count). The average Bonchev–Trinajstić information content (AvgIpc) is 2.64. The second-order valence-electron chi connectivity index (χ2n) is 8.04. The van der Waals surface area contributed by atoms with Crippen LogP contribution in [0.4, 0.5) is 5.69 Å². The van der Waals surface area contributed by atoms with Crippen LogP contribution in [0.15, 0.2) is 18.2 Å². The maximum Gasteiger partial charge on any atom is 0.254 e. The number of benzene rings is 1. The number of likely N-dealkylation sites (tertiary alicyclic amines) is 1. The van der Waals surface area contributed by atoms with Gasteiger partial charge in [-0.15, -0.1) is 12.4 Å². The molecule has 2 amide bonds. The SMILES string of the molecule is Cc1cc(C(=O)N2CCCCC2C)ccc1NC(=O)C1(N)CCCCC1.Cl. The van der Waals surface area contributed by atoms with E-state index in [-0.39, 0.29) is 24.2 Å². The first kappa shape index (κ1) is 21.7. The van der Waals surface area contributed by atoms with Crippen LogP contribution in [0.5, 0.6) is 0 Å². The summed E-state index contributed by atoms with van der Waals surface area (Å²) in [6, 6.07) is 5.82. The van der Waals surface area contributed by atoms with Crippen molar-refractivity contribution in [2.45, 2.75) is 76.8 Å². The average molecular weight is 394 g/mol. The number of nitrogens with one attached hydrogen (secondary N) is 1. The third-order valence-electron chi connectivity index (χ3n) is 5.98. The molecule has 1 saturated carbocycles. The van der Waals surface area contributed by atoms with E-state index in [1.165, 1.54) is 6.42 Å². The molecule has 1 aliphatic heterocycles. The summed E-state index contributed by atoms with van der Waals surface area (Å²) in [5.41, 5.74) is 7.89. The highest BCUT2D eigenvalue weighted by Crippen LogP contribution is 2.28. The number of nitrogens with two attached hydrogens (primary N) is 1. The third kappa shape index (κ3) is 4.82. The summed E-state index contributed by atoms with van der Waals surface area (Å²) in [4.78, 5) is 27.4. The van der Waals surface area contributed by atoms with Crippen LogP contribution < -0.4 is 11.1 Å². The Labute approximate surface area is 168 Å². The molecule has 3 N–H and O–H groups in total. The van der Waals surface area contributed by atoms with E-state index in [2.05, 4.69) is 12.2 Å². The number of carbonyl (C=O) groups is 2. The van der Waals surface area contributed by atoms with Crippen molar-refractivity contribution < 1.29 is 9.59 Å². The molecule has 1 aromatic carbocycles. The van der Waals surface area contributed by atoms with Crippen LogP contribution in [0.3, 0.4) is 0 Å². The standard InChI is InChI=1S/C21H31N3O2.ClH/c1-15-14-17(19(25)24-13-7-4-8-16(24)2)9-10-18(15)23-20(26)21(22)11-5-3-6-12-21;/h9-10,14,16H,3-8,11-13,22H2,1-2H3,(H,23,26);1H. The van der Waals surface area contributed by atoms with Gasteiger partial charge in [-0.2, -0.15) is 0 Å². The summed E-state index contributed by atoms with van der Waals surface area (Å²) in [5.74, 6) is -0.0234. The Bertz CT molecular complexity index is 686. The Balaban J connectivity index is 0.00000261. The minimum Gasteiger partial charge on any atom is -0.336 e. The van der Waals surface area contributed by atoms with Crippen LogP contribution in [0.25, 0.3) is 0 Å². The normalized spacial score (nSPS) is 21.9. The van der Waals surface area contributed by atoms with E-state index in [0.29, 0.717) is 11.6 Å². The molecular formula is C21H32ClN3O2. The Morgan fingerprint density at radius 2 is 1.85 bits per heavy atom. The van der Waals surface area contributed by atoms with Crippen molar-refractivity contribution >= 4 is 29.9 Å². The number of halogens is 1. The molecule has 27 heavy (non-hydrogen) atoms. The Morgan fingerprint density at radius 3 is 2.48 bits per heavy atom. The first-order valence-electron chi connectivity index (χ1n) is 9.93. The zero-order valence-corrected chi connectivity index (χ0v) is 17.2. The molecule has 5 nitrogen and oxygen atoms in total. The van der Waals surface area contributed by atoms with Crippen molar-refractivity contribution in [1.29, 1.82) is 0 Å². The van der Waals surface area contributed by atoms with Crippen molar-refractivity contribution in [3.8, 4) is 0 Å². The molecule has 0 aromatic heterocycles. The van der Waals surface area contributed by atoms with E-state index in [1.54, 1.807) is 0 Å². The highest BCUT2D eigenvalue weighted by molar-refractivity contribution is 6.00. The Kier molecular flexibility index (Phi) is 7.29. The van der Waals surface area contributed by atoms with Gasteiger partial charge in [-0.25, -0.2) is 0 Å². The molecule has 1 saturated heterocycles. The van der Waals surface area contributed by atoms with Gasteiger partial charge in [0.2, 0.25) is 5.91 Å². The molecular weight excluding hydrogens is 362 g/mol. The Hall–Kier alpha value is -1.59. The summed E-state index contributed by atoms with van der Waals surface area (Å²) in [6.45, 7) is 4.87. The minimum absolute atomic E-state index is 0. The predicted molar refractivity (Wildman–Crippen MR) is 111 cm³/mol. The Morgan fingerprint density at radius 1 is 1.15 bits per heavy atom. The minimum atomic E-state index is -0.761. The molecule has 1 aromatic rings. The van der Waals surface area contributed by atoms with Crippen molar-refractivity contribution in [3.05, 3.63) is 29.3 Å². The number of hydrogen-bond donors (Lipinski definition) is 2. The second-order valence-corrected chi connectivity index (χ2v) is 8.04. The smallest absolute Gasteiger partial charge is 0.254 e. The van der Waals surface area contributed by atoms with Crippen LogP contribution in [-0.2, 0) is 4.79 Å². The lowest BCUT2D eigenvalue weighted by Gasteiger charge is -2.33. The van der Waals surface area contributed by atoms with Gasteiger partial charge in [0.15, 0.2) is 0 Å². The summed E-state index contributed by atoms with van der Waals surface area (Å²) in [7, 11) is 0. The van der Waals surface area contributed by atoms with Crippen LogP contribution in [0.1, 0.15) is 74.2 Å². The van der Waals surface area contributed by atoms with Gasteiger partial charge in [-0.1, -0.05) is 19.3 Å². The van der Waals surface area contributed by atoms with Gasteiger partial charge >= 0.3 is 0 Å². The van der Waals surface area contributed by atoms with Gasteiger partial charge in [-0.05, 0) is 69.7 Å². The number of amides is 2. The van der Waals surface area contributed by atoms with Crippen LogP contribution >= 0.6 is 12.4 Å². The van der Waals surface area contributed by atoms with E-state index in [4.69, 9.17) is 5.73 Å². The number of nitrogens with zero attached hydrogens (tertiary/aromatic N) is 1. The maximum atomic E-state index is 12.8.